The summed E-state index contributed by atoms with van der Waals surface area (Å²) < 4.78 is 20.7. The second-order valence-electron chi connectivity index (χ2n) is 6.67. The molecule has 0 fully saturated rings. The van der Waals surface area contributed by atoms with Crippen LogP contribution in [0.3, 0.4) is 0 Å². The molecule has 0 amide bonds. The molecule has 0 radical (unpaired) electrons. The van der Waals surface area contributed by atoms with Gasteiger partial charge in [-0.1, -0.05) is 42.5 Å². The van der Waals surface area contributed by atoms with Crippen molar-refractivity contribution in [2.24, 2.45) is 0 Å². The highest BCUT2D eigenvalue weighted by Crippen LogP contribution is 2.22. The van der Waals surface area contributed by atoms with Crippen molar-refractivity contribution < 1.29 is 13.9 Å². The lowest BCUT2D eigenvalue weighted by Crippen LogP contribution is -2.01. The number of ether oxygens (including phenoxy) is 1. The summed E-state index contributed by atoms with van der Waals surface area (Å²) in [6.45, 7) is 1.03. The molecular formula is C24H19FN2O2. The minimum absolute atomic E-state index is 0.324. The van der Waals surface area contributed by atoms with Gasteiger partial charge in [-0.3, -0.25) is 9.48 Å². The molecule has 4 nitrogen and oxygen atoms in total. The maximum Gasteiger partial charge on any atom is 0.153 e. The predicted octanol–water partition coefficient (Wildman–Crippen LogP) is 5.13. The number of aromatic nitrogens is 2. The zero-order chi connectivity index (χ0) is 20.1. The summed E-state index contributed by atoms with van der Waals surface area (Å²) in [5, 5.41) is 4.51. The van der Waals surface area contributed by atoms with Crippen LogP contribution >= 0.6 is 0 Å². The second kappa shape index (κ2) is 8.52. The first-order valence-corrected chi connectivity index (χ1v) is 9.25. The number of hydrogen-bond donors (Lipinski definition) is 0. The molecule has 0 N–H and O–H groups in total. The maximum absolute atomic E-state index is 13.2. The summed E-state index contributed by atoms with van der Waals surface area (Å²) in [5.74, 6) is 0.467. The van der Waals surface area contributed by atoms with E-state index >= 15 is 0 Å². The Kier molecular flexibility index (Phi) is 5.47. The van der Waals surface area contributed by atoms with Crippen LogP contribution in [0.25, 0.3) is 11.3 Å². The number of halogens is 1. The van der Waals surface area contributed by atoms with Gasteiger partial charge in [0.05, 0.1) is 12.1 Å². The molecule has 3 aromatic carbocycles. The molecule has 4 rings (SSSR count). The zero-order valence-corrected chi connectivity index (χ0v) is 15.7. The maximum atomic E-state index is 13.2. The normalized spacial score (nSPS) is 10.7. The molecule has 0 unspecified atom stereocenters. The van der Waals surface area contributed by atoms with Crippen LogP contribution in [0.2, 0.25) is 0 Å². The topological polar surface area (TPSA) is 44.1 Å². The van der Waals surface area contributed by atoms with Crippen molar-refractivity contribution in [3.63, 3.8) is 0 Å². The van der Waals surface area contributed by atoms with Crippen LogP contribution in [0, 0.1) is 5.82 Å². The monoisotopic (exact) mass is 386 g/mol. The van der Waals surface area contributed by atoms with Crippen molar-refractivity contribution in [3.05, 3.63) is 108 Å². The average molecular weight is 386 g/mol. The molecule has 29 heavy (non-hydrogen) atoms. The summed E-state index contributed by atoms with van der Waals surface area (Å²) in [4.78, 5) is 11.4. The summed E-state index contributed by atoms with van der Waals surface area (Å²) in [6.07, 6.45) is 2.47. The van der Waals surface area contributed by atoms with E-state index in [4.69, 9.17) is 4.74 Å². The molecule has 0 atom stereocenters. The molecule has 0 aliphatic carbocycles. The Morgan fingerprint density at radius 3 is 2.31 bits per heavy atom. The molecule has 0 saturated heterocycles. The summed E-state index contributed by atoms with van der Waals surface area (Å²) in [6, 6.07) is 23.7. The smallest absolute Gasteiger partial charge is 0.153 e. The van der Waals surface area contributed by atoms with Gasteiger partial charge >= 0.3 is 0 Å². The van der Waals surface area contributed by atoms with Gasteiger partial charge in [-0.2, -0.15) is 5.10 Å². The Hall–Kier alpha value is -3.73. The molecule has 4 aromatic rings. The minimum Gasteiger partial charge on any atom is -0.489 e. The van der Waals surface area contributed by atoms with Gasteiger partial charge in [0.25, 0.3) is 0 Å². The van der Waals surface area contributed by atoms with Gasteiger partial charge in [-0.25, -0.2) is 4.39 Å². The Labute approximate surface area is 168 Å². The highest BCUT2D eigenvalue weighted by atomic mass is 19.1. The first-order chi connectivity index (χ1) is 14.2. The van der Waals surface area contributed by atoms with Gasteiger partial charge in [-0.15, -0.1) is 0 Å². The standard InChI is InChI=1S/C24H19FN2O2/c25-22-10-8-20(9-11-22)24-21(16-28)15-27(26-24)14-18-6-12-23(13-7-18)29-17-19-4-2-1-3-5-19/h1-13,15-16H,14,17H2. The molecule has 0 aliphatic heterocycles. The number of carbonyl (C=O) groups is 1. The number of rotatable bonds is 7. The van der Waals surface area contributed by atoms with Gasteiger partial charge in [0.1, 0.15) is 23.9 Å². The third kappa shape index (κ3) is 4.58. The summed E-state index contributed by atoms with van der Waals surface area (Å²) in [5.41, 5.74) is 3.87. The highest BCUT2D eigenvalue weighted by molar-refractivity contribution is 5.85. The molecule has 5 heteroatoms. The number of nitrogens with zero attached hydrogens (tertiary/aromatic N) is 2. The van der Waals surface area contributed by atoms with Gasteiger partial charge in [0.2, 0.25) is 0 Å². The second-order valence-corrected chi connectivity index (χ2v) is 6.67. The zero-order valence-electron chi connectivity index (χ0n) is 15.7. The van der Waals surface area contributed by atoms with Gasteiger partial charge < -0.3 is 4.74 Å². The fourth-order valence-corrected chi connectivity index (χ4v) is 3.06. The van der Waals surface area contributed by atoms with Gasteiger partial charge in [0, 0.05) is 11.8 Å². The minimum atomic E-state index is -0.324. The van der Waals surface area contributed by atoms with E-state index < -0.39 is 0 Å². The molecule has 0 aliphatic rings. The van der Waals surface area contributed by atoms with E-state index in [1.54, 1.807) is 23.0 Å². The van der Waals surface area contributed by atoms with Crippen LogP contribution in [0.5, 0.6) is 5.75 Å². The summed E-state index contributed by atoms with van der Waals surface area (Å²) in [7, 11) is 0. The molecule has 144 valence electrons. The average Bonchev–Trinajstić information content (AvgIpc) is 3.17. The quantitative estimate of drug-likeness (QED) is 0.414. The van der Waals surface area contributed by atoms with Crippen LogP contribution in [0.15, 0.2) is 85.1 Å². The first-order valence-electron chi connectivity index (χ1n) is 9.25. The molecule has 0 bridgehead atoms. The van der Waals surface area contributed by atoms with Crippen molar-refractivity contribution in [2.75, 3.05) is 0 Å². The third-order valence-corrected chi connectivity index (χ3v) is 4.55. The molecule has 1 aromatic heterocycles. The molecule has 0 saturated carbocycles. The fraction of sp³-hybridized carbons (Fsp3) is 0.0833. The SMILES string of the molecule is O=Cc1cn(Cc2ccc(OCc3ccccc3)cc2)nc1-c1ccc(F)cc1. The van der Waals surface area contributed by atoms with Crippen molar-refractivity contribution in [1.82, 2.24) is 9.78 Å². The lowest BCUT2D eigenvalue weighted by molar-refractivity contribution is 0.112. The van der Waals surface area contributed by atoms with Crippen LogP contribution in [-0.4, -0.2) is 16.1 Å². The number of benzene rings is 3. The van der Waals surface area contributed by atoms with Crippen LogP contribution in [0.1, 0.15) is 21.5 Å². The Morgan fingerprint density at radius 1 is 0.897 bits per heavy atom. The predicted molar refractivity (Wildman–Crippen MR) is 109 cm³/mol. The van der Waals surface area contributed by atoms with E-state index in [1.807, 2.05) is 54.6 Å². The van der Waals surface area contributed by atoms with Crippen molar-refractivity contribution in [1.29, 1.82) is 0 Å². The number of hydrogen-bond acceptors (Lipinski definition) is 3. The lowest BCUT2D eigenvalue weighted by atomic mass is 10.1. The summed E-state index contributed by atoms with van der Waals surface area (Å²) >= 11 is 0. The molecular weight excluding hydrogens is 367 g/mol. The van der Waals surface area contributed by atoms with Crippen molar-refractivity contribution in [2.45, 2.75) is 13.2 Å². The van der Waals surface area contributed by atoms with Crippen LogP contribution in [0.4, 0.5) is 4.39 Å². The van der Waals surface area contributed by atoms with Gasteiger partial charge in [-0.05, 0) is 47.5 Å². The van der Waals surface area contributed by atoms with E-state index in [9.17, 15) is 9.18 Å². The van der Waals surface area contributed by atoms with E-state index in [0.717, 1.165) is 23.2 Å². The third-order valence-electron chi connectivity index (χ3n) is 4.55. The van der Waals surface area contributed by atoms with Gasteiger partial charge in [0.15, 0.2) is 6.29 Å². The van der Waals surface area contributed by atoms with E-state index in [0.29, 0.717) is 30.0 Å². The Morgan fingerprint density at radius 2 is 1.62 bits per heavy atom. The van der Waals surface area contributed by atoms with E-state index in [1.165, 1.54) is 12.1 Å². The molecule has 1 heterocycles. The van der Waals surface area contributed by atoms with Crippen molar-refractivity contribution in [3.8, 4) is 17.0 Å². The molecule has 0 spiro atoms. The number of aldehydes is 1. The van der Waals surface area contributed by atoms with E-state index in [2.05, 4.69) is 5.10 Å². The first kappa shape index (κ1) is 18.6. The lowest BCUT2D eigenvalue weighted by Gasteiger charge is -2.07. The van der Waals surface area contributed by atoms with Crippen molar-refractivity contribution >= 4 is 6.29 Å². The fourth-order valence-electron chi connectivity index (χ4n) is 3.06. The van der Waals surface area contributed by atoms with Crippen LogP contribution in [-0.2, 0) is 13.2 Å². The van der Waals surface area contributed by atoms with E-state index in [-0.39, 0.29) is 5.82 Å². The Balaban J connectivity index is 1.45. The Bertz CT molecular complexity index is 1090. The highest BCUT2D eigenvalue weighted by Gasteiger charge is 2.11. The number of carbonyl (C=O) groups excluding carboxylic acids is 1. The largest absolute Gasteiger partial charge is 0.489 e. The van der Waals surface area contributed by atoms with Crippen LogP contribution < -0.4 is 4.74 Å².